The molecule has 1 aromatic heterocycles. The number of aromatic amines is 1. The van der Waals surface area contributed by atoms with Crippen LogP contribution < -0.4 is 9.64 Å². The molecule has 2 aromatic carbocycles. The quantitative estimate of drug-likeness (QED) is 0.187. The summed E-state index contributed by atoms with van der Waals surface area (Å²) in [7, 11) is 5.96. The van der Waals surface area contributed by atoms with Crippen LogP contribution in [0.3, 0.4) is 0 Å². The van der Waals surface area contributed by atoms with E-state index in [2.05, 4.69) is 14.8 Å². The first-order valence-corrected chi connectivity index (χ1v) is 21.2. The van der Waals surface area contributed by atoms with Crippen molar-refractivity contribution in [2.75, 3.05) is 66.0 Å². The molecule has 322 valence electrons. The van der Waals surface area contributed by atoms with Crippen molar-refractivity contribution in [1.82, 2.24) is 14.8 Å². The fraction of sp³-hybridized carbons (Fsp3) is 0.587. The van der Waals surface area contributed by atoms with E-state index in [1.165, 1.54) is 21.1 Å². The number of piperidine rings is 1. The predicted octanol–water partition coefficient (Wildman–Crippen LogP) is 5.12. The van der Waals surface area contributed by atoms with Gasteiger partial charge in [-0.3, -0.25) is 14.5 Å². The second-order valence-electron chi connectivity index (χ2n) is 18.3. The summed E-state index contributed by atoms with van der Waals surface area (Å²) < 4.78 is 54.5. The third-order valence-corrected chi connectivity index (χ3v) is 15.6. The SMILES string of the molecule is CC[C@]12C=CCN3CC[C@@]4(c5cc([C@@]6(C(=O)OC)CC7CC(C(C)(F)F)CN(CCc8c6[nH]c6ccccc86)C7)c(OC)cc5N(C)[C@H]4[C@@](O)(C(=O)OC)[C@@H]1OC(C)=O)[C@@H]32. The van der Waals surface area contributed by atoms with Crippen LogP contribution in [0, 0.1) is 17.3 Å². The molecular weight excluding hydrogens is 775 g/mol. The van der Waals surface area contributed by atoms with Gasteiger partial charge in [0.1, 0.15) is 11.2 Å². The van der Waals surface area contributed by atoms with Gasteiger partial charge in [-0.15, -0.1) is 0 Å². The zero-order valence-electron chi connectivity index (χ0n) is 35.5. The number of anilines is 1. The van der Waals surface area contributed by atoms with Crippen LogP contribution in [-0.4, -0.2) is 129 Å². The summed E-state index contributed by atoms with van der Waals surface area (Å²) in [5, 5.41) is 14.2. The zero-order valence-corrected chi connectivity index (χ0v) is 35.5. The molecule has 0 radical (unpaired) electrons. The summed E-state index contributed by atoms with van der Waals surface area (Å²) >= 11 is 0. The van der Waals surface area contributed by atoms with Crippen LogP contribution in [0.5, 0.6) is 5.75 Å². The summed E-state index contributed by atoms with van der Waals surface area (Å²) in [4.78, 5) is 52.7. The lowest BCUT2D eigenvalue weighted by atomic mass is 9.47. The second-order valence-corrected chi connectivity index (χ2v) is 18.3. The number of aromatic nitrogens is 1. The van der Waals surface area contributed by atoms with Crippen molar-refractivity contribution in [3.8, 4) is 5.75 Å². The van der Waals surface area contributed by atoms with E-state index in [-0.39, 0.29) is 31.3 Å². The average Bonchev–Trinajstić information content (AvgIpc) is 3.89. The van der Waals surface area contributed by atoms with Gasteiger partial charge in [-0.2, -0.15) is 0 Å². The van der Waals surface area contributed by atoms with Gasteiger partial charge in [0.25, 0.3) is 0 Å². The number of para-hydroxylation sites is 1. The number of halogens is 2. The van der Waals surface area contributed by atoms with Crippen molar-refractivity contribution in [1.29, 1.82) is 0 Å². The molecule has 3 unspecified atom stereocenters. The Morgan fingerprint density at radius 1 is 1.02 bits per heavy atom. The number of likely N-dealkylation sites (N-methyl/N-ethyl adjacent to an activating group) is 1. The Kier molecular flexibility index (Phi) is 9.53. The number of aliphatic hydroxyl groups is 1. The fourth-order valence-electron chi connectivity index (χ4n) is 13.4. The van der Waals surface area contributed by atoms with E-state index < -0.39 is 63.7 Å². The third-order valence-electron chi connectivity index (χ3n) is 15.6. The molecule has 3 fully saturated rings. The van der Waals surface area contributed by atoms with Crippen LogP contribution in [0.25, 0.3) is 10.9 Å². The van der Waals surface area contributed by atoms with Crippen molar-refractivity contribution in [3.05, 3.63) is 70.9 Å². The van der Waals surface area contributed by atoms with Gasteiger partial charge in [0, 0.05) is 96.9 Å². The van der Waals surface area contributed by atoms with Crippen molar-refractivity contribution < 1.29 is 47.2 Å². The highest BCUT2D eigenvalue weighted by molar-refractivity contribution is 5.95. The molecule has 2 N–H and O–H groups in total. The van der Waals surface area contributed by atoms with Crippen molar-refractivity contribution >= 4 is 34.5 Å². The van der Waals surface area contributed by atoms with Crippen LogP contribution in [0.15, 0.2) is 48.6 Å². The molecule has 2 saturated heterocycles. The molecule has 14 heteroatoms. The number of carbonyl (C=O) groups excluding carboxylic acids is 3. The number of fused-ring (bicyclic) bond motifs is 6. The number of esters is 3. The Bertz CT molecular complexity index is 2290. The lowest BCUT2D eigenvalue weighted by Gasteiger charge is -2.63. The Hall–Kier alpha value is -4.53. The molecule has 1 aliphatic carbocycles. The molecular formula is C46H56F2N4O8. The van der Waals surface area contributed by atoms with E-state index in [4.69, 9.17) is 18.9 Å². The van der Waals surface area contributed by atoms with Gasteiger partial charge in [0.15, 0.2) is 6.10 Å². The highest BCUT2D eigenvalue weighted by atomic mass is 19.3. The number of ether oxygens (including phenoxy) is 4. The average molecular weight is 831 g/mol. The lowest BCUT2D eigenvalue weighted by molar-refractivity contribution is -0.228. The number of nitrogens with one attached hydrogen (secondary N) is 1. The first-order valence-electron chi connectivity index (χ1n) is 21.2. The van der Waals surface area contributed by atoms with Gasteiger partial charge in [-0.05, 0) is 74.8 Å². The Labute approximate surface area is 349 Å². The molecule has 9 rings (SSSR count). The number of hydrogen-bond acceptors (Lipinski definition) is 11. The molecule has 10 atom stereocenters. The molecule has 5 aliphatic heterocycles. The third kappa shape index (κ3) is 5.31. The maximum absolute atomic E-state index is 15.4. The summed E-state index contributed by atoms with van der Waals surface area (Å²) in [5.41, 5.74) is -1.52. The topological polar surface area (TPSA) is 134 Å². The number of H-pyrrole nitrogens is 1. The number of nitrogens with zero attached hydrogens (tertiary/aromatic N) is 3. The van der Waals surface area contributed by atoms with E-state index >= 15 is 13.6 Å². The maximum Gasteiger partial charge on any atom is 0.344 e. The number of benzene rings is 2. The minimum absolute atomic E-state index is 0.155. The zero-order chi connectivity index (χ0) is 42.7. The number of carbonyl (C=O) groups is 3. The molecule has 1 saturated carbocycles. The molecule has 1 spiro atoms. The van der Waals surface area contributed by atoms with E-state index in [1.54, 1.807) is 7.11 Å². The maximum atomic E-state index is 15.4. The lowest BCUT2D eigenvalue weighted by Crippen LogP contribution is -2.81. The first kappa shape index (κ1) is 40.9. The van der Waals surface area contributed by atoms with E-state index in [9.17, 15) is 14.7 Å². The van der Waals surface area contributed by atoms with Gasteiger partial charge in [-0.25, -0.2) is 13.6 Å². The summed E-state index contributed by atoms with van der Waals surface area (Å²) in [5.74, 6) is -5.90. The fourth-order valence-corrected chi connectivity index (χ4v) is 13.4. The van der Waals surface area contributed by atoms with Gasteiger partial charge >= 0.3 is 17.9 Å². The highest BCUT2D eigenvalue weighted by Crippen LogP contribution is 2.68. The number of methoxy groups -OCH3 is 3. The normalized spacial score (nSPS) is 35.6. The minimum atomic E-state index is -2.93. The number of alkyl halides is 2. The largest absolute Gasteiger partial charge is 0.496 e. The number of hydrogen-bond donors (Lipinski definition) is 2. The van der Waals surface area contributed by atoms with Crippen molar-refractivity contribution in [3.63, 3.8) is 0 Å². The highest BCUT2D eigenvalue weighted by Gasteiger charge is 2.80. The monoisotopic (exact) mass is 830 g/mol. The molecule has 12 nitrogen and oxygen atoms in total. The first-order chi connectivity index (χ1) is 28.6. The van der Waals surface area contributed by atoms with Gasteiger partial charge in [0.2, 0.25) is 11.5 Å². The predicted molar refractivity (Wildman–Crippen MR) is 219 cm³/mol. The number of rotatable bonds is 7. The Balaban J connectivity index is 1.36. The van der Waals surface area contributed by atoms with E-state index in [1.807, 2.05) is 67.4 Å². The van der Waals surface area contributed by atoms with Gasteiger partial charge < -0.3 is 38.8 Å². The summed E-state index contributed by atoms with van der Waals surface area (Å²) in [6, 6.07) is 10.5. The minimum Gasteiger partial charge on any atom is -0.496 e. The van der Waals surface area contributed by atoms with Crippen LogP contribution in [0.4, 0.5) is 14.5 Å². The molecule has 60 heavy (non-hydrogen) atoms. The van der Waals surface area contributed by atoms with Crippen LogP contribution >= 0.6 is 0 Å². The van der Waals surface area contributed by atoms with E-state index in [0.717, 1.165) is 29.0 Å². The van der Waals surface area contributed by atoms with Crippen LogP contribution in [0.2, 0.25) is 0 Å². The molecule has 2 bridgehead atoms. The van der Waals surface area contributed by atoms with E-state index in [0.29, 0.717) is 68.1 Å². The Morgan fingerprint density at radius 2 is 1.77 bits per heavy atom. The smallest absolute Gasteiger partial charge is 0.344 e. The molecule has 6 aliphatic rings. The summed E-state index contributed by atoms with van der Waals surface area (Å²) in [6.07, 6.45) is 4.54. The van der Waals surface area contributed by atoms with Crippen LogP contribution in [-0.2, 0) is 45.8 Å². The second kappa shape index (κ2) is 14.0. The Morgan fingerprint density at radius 3 is 2.45 bits per heavy atom. The standard InChI is InChI=1S/C46H56F2N4O8/c1-8-43-15-11-17-52-19-16-44(37(43)52)31-21-32(35(57-5)22-34(31)50(4)38(44)46(56,41(55)59-7)39(43)60-26(2)53)45(40(54)58-6)23-27-20-28(42(3,47)48)25-51(24-27)18-14-30-29-12-9-10-13-33(29)49-36(30)45/h9-13,15,21-22,27-28,37-39,49,56H,8,14,16-20,23-25H2,1-7H3/t27?,28?,37-,38+,39+,43+,44+,45-,46-/m0/s1. The molecule has 6 heterocycles. The van der Waals surface area contributed by atoms with Crippen LogP contribution in [0.1, 0.15) is 68.8 Å². The molecule has 0 amide bonds. The van der Waals surface area contributed by atoms with Gasteiger partial charge in [-0.1, -0.05) is 37.3 Å². The molecule has 3 aromatic rings. The summed E-state index contributed by atoms with van der Waals surface area (Å²) in [6.45, 7) is 6.80. The van der Waals surface area contributed by atoms with Crippen molar-refractivity contribution in [2.45, 2.75) is 93.4 Å². The van der Waals surface area contributed by atoms with Crippen molar-refractivity contribution in [2.24, 2.45) is 17.3 Å². The van der Waals surface area contributed by atoms with Gasteiger partial charge in [0.05, 0.1) is 27.4 Å².